The summed E-state index contributed by atoms with van der Waals surface area (Å²) >= 11 is 1.50. The molecule has 22 heavy (non-hydrogen) atoms. The Labute approximate surface area is 136 Å². The molecule has 3 rings (SSSR count). The quantitative estimate of drug-likeness (QED) is 0.848. The highest BCUT2D eigenvalue weighted by Crippen LogP contribution is 2.28. The Morgan fingerprint density at radius 2 is 2.09 bits per heavy atom. The molecular weight excluding hydrogens is 318 g/mol. The second kappa shape index (κ2) is 6.62. The molecule has 0 saturated carbocycles. The summed E-state index contributed by atoms with van der Waals surface area (Å²) < 4.78 is 23.0. The molecule has 1 saturated heterocycles. The highest BCUT2D eigenvalue weighted by molar-refractivity contribution is 8.02. The normalized spacial score (nSPS) is 23.8. The van der Waals surface area contributed by atoms with Crippen molar-refractivity contribution in [1.82, 2.24) is 0 Å². The molecule has 2 aliphatic rings. The first-order chi connectivity index (χ1) is 10.6. The first kappa shape index (κ1) is 15.9. The predicted octanol–water partition coefficient (Wildman–Crippen LogP) is 2.28. The van der Waals surface area contributed by atoms with Crippen LogP contribution in [0.5, 0.6) is 0 Å². The summed E-state index contributed by atoms with van der Waals surface area (Å²) in [6, 6.07) is 8.10. The molecular formula is C16H21NO3S2. The highest BCUT2D eigenvalue weighted by Gasteiger charge is 2.29. The third kappa shape index (κ3) is 3.66. The standard InChI is InChI=1S/C16H21NO3S2/c18-16(11-21-14-8-10-22(19,20)12-14)17-9-4-3-6-13-5-1-2-7-15(13)17/h1-2,5,7,14H,3-4,6,8-12H2/t14-/m1/s1. The molecule has 120 valence electrons. The lowest BCUT2D eigenvalue weighted by Gasteiger charge is -2.23. The monoisotopic (exact) mass is 339 g/mol. The zero-order valence-electron chi connectivity index (χ0n) is 12.5. The van der Waals surface area contributed by atoms with Crippen LogP contribution in [0.2, 0.25) is 0 Å². The zero-order valence-corrected chi connectivity index (χ0v) is 14.2. The maximum Gasteiger partial charge on any atom is 0.236 e. The number of aryl methyl sites for hydroxylation is 1. The molecule has 0 radical (unpaired) electrons. The van der Waals surface area contributed by atoms with Gasteiger partial charge in [0, 0.05) is 17.5 Å². The second-order valence-corrected chi connectivity index (χ2v) is 9.48. The highest BCUT2D eigenvalue weighted by atomic mass is 32.2. The van der Waals surface area contributed by atoms with E-state index in [1.54, 1.807) is 0 Å². The van der Waals surface area contributed by atoms with E-state index in [0.717, 1.165) is 31.5 Å². The number of sulfone groups is 1. The van der Waals surface area contributed by atoms with Crippen LogP contribution in [0.1, 0.15) is 24.8 Å². The van der Waals surface area contributed by atoms with Gasteiger partial charge in [0.05, 0.1) is 17.3 Å². The average Bonchev–Trinajstić information content (AvgIpc) is 2.72. The van der Waals surface area contributed by atoms with Gasteiger partial charge in [0.1, 0.15) is 0 Å². The van der Waals surface area contributed by atoms with E-state index < -0.39 is 9.84 Å². The third-order valence-corrected chi connectivity index (χ3v) is 7.56. The van der Waals surface area contributed by atoms with Gasteiger partial charge in [-0.3, -0.25) is 4.79 Å². The summed E-state index contributed by atoms with van der Waals surface area (Å²) in [5.41, 5.74) is 2.27. The number of carbonyl (C=O) groups excluding carboxylic acids is 1. The van der Waals surface area contributed by atoms with Crippen LogP contribution in [0.3, 0.4) is 0 Å². The van der Waals surface area contributed by atoms with Crippen molar-refractivity contribution in [3.63, 3.8) is 0 Å². The summed E-state index contributed by atoms with van der Waals surface area (Å²) in [6.45, 7) is 0.763. The molecule has 0 spiro atoms. The smallest absolute Gasteiger partial charge is 0.236 e. The Hall–Kier alpha value is -1.01. The van der Waals surface area contributed by atoms with Gasteiger partial charge in [-0.25, -0.2) is 8.42 Å². The fraction of sp³-hybridized carbons (Fsp3) is 0.562. The van der Waals surface area contributed by atoms with Gasteiger partial charge in [-0.05, 0) is 37.3 Å². The summed E-state index contributed by atoms with van der Waals surface area (Å²) in [6.07, 6.45) is 3.82. The number of thioether (sulfide) groups is 1. The van der Waals surface area contributed by atoms with Crippen molar-refractivity contribution in [3.8, 4) is 0 Å². The number of amides is 1. The van der Waals surface area contributed by atoms with Crippen molar-refractivity contribution in [2.45, 2.75) is 30.9 Å². The van der Waals surface area contributed by atoms with Crippen molar-refractivity contribution in [1.29, 1.82) is 0 Å². The molecule has 0 aromatic heterocycles. The number of para-hydroxylation sites is 1. The maximum atomic E-state index is 12.6. The van der Waals surface area contributed by atoms with Crippen molar-refractivity contribution in [3.05, 3.63) is 29.8 Å². The van der Waals surface area contributed by atoms with Crippen LogP contribution < -0.4 is 4.90 Å². The number of carbonyl (C=O) groups is 1. The molecule has 0 unspecified atom stereocenters. The Bertz CT molecular complexity index is 657. The van der Waals surface area contributed by atoms with E-state index in [2.05, 4.69) is 6.07 Å². The SMILES string of the molecule is O=C(CS[C@@H]1CCS(=O)(=O)C1)N1CCCCc2ccccc21. The maximum absolute atomic E-state index is 12.6. The molecule has 0 aliphatic carbocycles. The molecule has 1 aromatic rings. The van der Waals surface area contributed by atoms with Crippen LogP contribution in [0.15, 0.2) is 24.3 Å². The number of benzene rings is 1. The number of hydrogen-bond acceptors (Lipinski definition) is 4. The molecule has 2 aliphatic heterocycles. The lowest BCUT2D eigenvalue weighted by molar-refractivity contribution is -0.116. The van der Waals surface area contributed by atoms with Crippen LogP contribution in [0.25, 0.3) is 0 Å². The number of nitrogens with zero attached hydrogens (tertiary/aromatic N) is 1. The van der Waals surface area contributed by atoms with Crippen molar-refractivity contribution in [2.75, 3.05) is 28.7 Å². The van der Waals surface area contributed by atoms with E-state index in [9.17, 15) is 13.2 Å². The van der Waals surface area contributed by atoms with Gasteiger partial charge < -0.3 is 4.90 Å². The lowest BCUT2D eigenvalue weighted by Crippen LogP contribution is -2.33. The van der Waals surface area contributed by atoms with Gasteiger partial charge in [-0.2, -0.15) is 0 Å². The van der Waals surface area contributed by atoms with E-state index in [0.29, 0.717) is 12.2 Å². The van der Waals surface area contributed by atoms with E-state index in [1.165, 1.54) is 17.3 Å². The second-order valence-electron chi connectivity index (χ2n) is 5.97. The number of anilines is 1. The van der Waals surface area contributed by atoms with Gasteiger partial charge >= 0.3 is 0 Å². The van der Waals surface area contributed by atoms with Crippen molar-refractivity contribution >= 4 is 33.2 Å². The van der Waals surface area contributed by atoms with Gasteiger partial charge in [-0.15, -0.1) is 11.8 Å². The fourth-order valence-electron chi connectivity index (χ4n) is 3.11. The Balaban J connectivity index is 1.65. The van der Waals surface area contributed by atoms with Gasteiger partial charge in [0.2, 0.25) is 5.91 Å². The molecule has 0 N–H and O–H groups in total. The van der Waals surface area contributed by atoms with E-state index >= 15 is 0 Å². The topological polar surface area (TPSA) is 54.5 Å². The largest absolute Gasteiger partial charge is 0.311 e. The Morgan fingerprint density at radius 1 is 1.27 bits per heavy atom. The molecule has 1 amide bonds. The molecule has 6 heteroatoms. The van der Waals surface area contributed by atoms with E-state index in [4.69, 9.17) is 0 Å². The van der Waals surface area contributed by atoms with Crippen LogP contribution in [-0.2, 0) is 21.1 Å². The van der Waals surface area contributed by atoms with Crippen molar-refractivity contribution < 1.29 is 13.2 Å². The fourth-order valence-corrected chi connectivity index (χ4v) is 6.63. The van der Waals surface area contributed by atoms with E-state index in [1.807, 2.05) is 23.1 Å². The molecule has 1 aromatic carbocycles. The van der Waals surface area contributed by atoms with Crippen LogP contribution >= 0.6 is 11.8 Å². The van der Waals surface area contributed by atoms with E-state index in [-0.39, 0.29) is 22.7 Å². The molecule has 2 heterocycles. The van der Waals surface area contributed by atoms with Crippen LogP contribution in [0.4, 0.5) is 5.69 Å². The zero-order chi connectivity index (χ0) is 15.6. The third-order valence-electron chi connectivity index (χ3n) is 4.29. The Morgan fingerprint density at radius 3 is 2.86 bits per heavy atom. The van der Waals surface area contributed by atoms with Crippen molar-refractivity contribution in [2.24, 2.45) is 0 Å². The van der Waals surface area contributed by atoms with Gasteiger partial charge in [0.25, 0.3) is 0 Å². The first-order valence-electron chi connectivity index (χ1n) is 7.75. The minimum Gasteiger partial charge on any atom is -0.311 e. The minimum absolute atomic E-state index is 0.0798. The first-order valence-corrected chi connectivity index (χ1v) is 10.6. The minimum atomic E-state index is -2.87. The van der Waals surface area contributed by atoms with Gasteiger partial charge in [-0.1, -0.05) is 18.2 Å². The molecule has 1 fully saturated rings. The summed E-state index contributed by atoms with van der Waals surface area (Å²) in [7, 11) is -2.87. The summed E-state index contributed by atoms with van der Waals surface area (Å²) in [5, 5.41) is 0.0798. The number of rotatable bonds is 3. The molecule has 4 nitrogen and oxygen atoms in total. The summed E-state index contributed by atoms with van der Waals surface area (Å²) in [4.78, 5) is 14.5. The number of hydrogen-bond donors (Lipinski definition) is 0. The number of fused-ring (bicyclic) bond motifs is 1. The van der Waals surface area contributed by atoms with Crippen LogP contribution in [0, 0.1) is 0 Å². The van der Waals surface area contributed by atoms with Crippen LogP contribution in [-0.4, -0.2) is 43.4 Å². The van der Waals surface area contributed by atoms with Gasteiger partial charge in [0.15, 0.2) is 9.84 Å². The molecule has 1 atom stereocenters. The average molecular weight is 339 g/mol. The Kier molecular flexibility index (Phi) is 4.78. The lowest BCUT2D eigenvalue weighted by atomic mass is 10.1. The summed E-state index contributed by atoms with van der Waals surface area (Å²) in [5.74, 6) is 0.963. The molecule has 0 bridgehead atoms. The predicted molar refractivity (Wildman–Crippen MR) is 91.2 cm³/mol.